The highest BCUT2D eigenvalue weighted by molar-refractivity contribution is 7.14. The Balaban J connectivity index is 1.37. The van der Waals surface area contributed by atoms with Gasteiger partial charge in [-0.3, -0.25) is 9.59 Å². The lowest BCUT2D eigenvalue weighted by atomic mass is 10.1. The van der Waals surface area contributed by atoms with Crippen molar-refractivity contribution in [2.24, 2.45) is 0 Å². The van der Waals surface area contributed by atoms with Gasteiger partial charge in [-0.1, -0.05) is 12.1 Å². The average molecular weight is 559 g/mol. The number of methoxy groups -OCH3 is 1. The van der Waals surface area contributed by atoms with Crippen LogP contribution in [0.15, 0.2) is 76.7 Å². The number of nitrogens with one attached hydrogen (secondary N) is 2. The van der Waals surface area contributed by atoms with Gasteiger partial charge in [0, 0.05) is 30.6 Å². The van der Waals surface area contributed by atoms with E-state index in [4.69, 9.17) is 9.15 Å². The zero-order valence-electron chi connectivity index (χ0n) is 20.8. The molecule has 2 amide bonds. The first-order valence-corrected chi connectivity index (χ1v) is 12.7. The number of rotatable bonds is 11. The molecule has 0 unspecified atom stereocenters. The van der Waals surface area contributed by atoms with E-state index in [-0.39, 0.29) is 31.7 Å². The third kappa shape index (κ3) is 7.84. The molecular formula is C27H25F3N4O4S. The molecule has 204 valence electrons. The van der Waals surface area contributed by atoms with Crippen LogP contribution in [0.1, 0.15) is 33.8 Å². The maximum absolute atomic E-state index is 13.3. The number of carbonyl (C=O) groups excluding carboxylic acids is 2. The summed E-state index contributed by atoms with van der Waals surface area (Å²) in [5, 5.41) is 7.88. The quantitative estimate of drug-likeness (QED) is 0.240. The van der Waals surface area contributed by atoms with E-state index in [0.717, 1.165) is 17.8 Å². The number of halogens is 3. The molecule has 4 rings (SSSR count). The average Bonchev–Trinajstić information content (AvgIpc) is 3.62. The standard InChI is InChI=1S/C27H25F3N4O4S/c1-37-21-9-7-20(8-10-21)32-26-33-23(17-39-26)25(36)34(16-22-6-3-13-38-22)12-11-24(35)31-15-18-4-2-5-19(14-18)27(28,29)30/h2-10,13-14,17H,11-12,15-16H2,1H3,(H,31,35)(H,32,33). The molecule has 2 heterocycles. The molecule has 0 saturated carbocycles. The Hall–Kier alpha value is -4.32. The van der Waals surface area contributed by atoms with Gasteiger partial charge in [-0.05, 0) is 54.1 Å². The number of ether oxygens (including phenoxy) is 1. The number of hydrogen-bond acceptors (Lipinski definition) is 7. The SMILES string of the molecule is COc1ccc(Nc2nc(C(=O)N(CCC(=O)NCc3cccc(C(F)(F)F)c3)Cc3ccco3)cs2)cc1. The maximum atomic E-state index is 13.3. The minimum atomic E-state index is -4.47. The molecule has 0 spiro atoms. The summed E-state index contributed by atoms with van der Waals surface area (Å²) >= 11 is 1.26. The number of thiazole rings is 1. The second-order valence-corrected chi connectivity index (χ2v) is 9.28. The largest absolute Gasteiger partial charge is 0.497 e. The smallest absolute Gasteiger partial charge is 0.416 e. The fraction of sp³-hybridized carbons (Fsp3) is 0.222. The van der Waals surface area contributed by atoms with Crippen LogP contribution in [0.2, 0.25) is 0 Å². The Morgan fingerprint density at radius 3 is 2.59 bits per heavy atom. The molecule has 0 atom stereocenters. The monoisotopic (exact) mass is 558 g/mol. The van der Waals surface area contributed by atoms with Crippen LogP contribution in [0.3, 0.4) is 0 Å². The first kappa shape index (κ1) is 27.7. The van der Waals surface area contributed by atoms with Crippen molar-refractivity contribution in [3.63, 3.8) is 0 Å². The van der Waals surface area contributed by atoms with Gasteiger partial charge in [0.05, 0.1) is 25.5 Å². The fourth-order valence-corrected chi connectivity index (χ4v) is 4.32. The van der Waals surface area contributed by atoms with Crippen LogP contribution in [0.4, 0.5) is 24.0 Å². The molecule has 0 radical (unpaired) electrons. The van der Waals surface area contributed by atoms with Crippen molar-refractivity contribution in [3.8, 4) is 5.75 Å². The van der Waals surface area contributed by atoms with Crippen molar-refractivity contribution < 1.29 is 31.9 Å². The molecule has 2 aromatic carbocycles. The number of hydrogen-bond donors (Lipinski definition) is 2. The van der Waals surface area contributed by atoms with Gasteiger partial charge >= 0.3 is 6.18 Å². The lowest BCUT2D eigenvalue weighted by molar-refractivity contribution is -0.137. The summed E-state index contributed by atoms with van der Waals surface area (Å²) in [6, 6.07) is 15.4. The molecule has 2 aromatic heterocycles. The van der Waals surface area contributed by atoms with E-state index in [1.54, 1.807) is 36.8 Å². The molecule has 0 aliphatic rings. The number of carbonyl (C=O) groups is 2. The predicted molar refractivity (Wildman–Crippen MR) is 140 cm³/mol. The number of benzene rings is 2. The van der Waals surface area contributed by atoms with Crippen LogP contribution >= 0.6 is 11.3 Å². The van der Waals surface area contributed by atoms with Crippen molar-refractivity contribution in [3.05, 3.63) is 94.9 Å². The van der Waals surface area contributed by atoms with E-state index in [9.17, 15) is 22.8 Å². The van der Waals surface area contributed by atoms with Gasteiger partial charge < -0.3 is 24.7 Å². The van der Waals surface area contributed by atoms with E-state index >= 15 is 0 Å². The topological polar surface area (TPSA) is 96.7 Å². The Kier molecular flexibility index (Phi) is 8.87. The second-order valence-electron chi connectivity index (χ2n) is 8.42. The number of furan rings is 1. The number of nitrogens with zero attached hydrogens (tertiary/aromatic N) is 2. The van der Waals surface area contributed by atoms with Crippen LogP contribution in [-0.2, 0) is 24.1 Å². The van der Waals surface area contributed by atoms with E-state index in [2.05, 4.69) is 15.6 Å². The Morgan fingerprint density at radius 2 is 1.90 bits per heavy atom. The van der Waals surface area contributed by atoms with Crippen LogP contribution in [0, 0.1) is 0 Å². The normalized spacial score (nSPS) is 11.2. The highest BCUT2D eigenvalue weighted by atomic mass is 32.1. The second kappa shape index (κ2) is 12.5. The van der Waals surface area contributed by atoms with E-state index in [1.807, 2.05) is 12.1 Å². The van der Waals surface area contributed by atoms with Gasteiger partial charge in [-0.25, -0.2) is 4.98 Å². The van der Waals surface area contributed by atoms with E-state index in [1.165, 1.54) is 34.6 Å². The minimum Gasteiger partial charge on any atom is -0.497 e. The lowest BCUT2D eigenvalue weighted by Crippen LogP contribution is -2.35. The van der Waals surface area contributed by atoms with Crippen molar-refractivity contribution in [2.75, 3.05) is 19.0 Å². The maximum Gasteiger partial charge on any atom is 0.416 e. The highest BCUT2D eigenvalue weighted by Gasteiger charge is 2.30. The van der Waals surface area contributed by atoms with Crippen molar-refractivity contribution in [1.82, 2.24) is 15.2 Å². The first-order valence-electron chi connectivity index (χ1n) is 11.8. The molecule has 12 heteroatoms. The van der Waals surface area contributed by atoms with Crippen LogP contribution < -0.4 is 15.4 Å². The summed E-state index contributed by atoms with van der Waals surface area (Å²) in [6.07, 6.45) is -3.04. The zero-order chi connectivity index (χ0) is 27.8. The minimum absolute atomic E-state index is 0.0483. The Bertz CT molecular complexity index is 1390. The number of anilines is 2. The molecule has 0 saturated heterocycles. The van der Waals surface area contributed by atoms with Crippen LogP contribution in [0.5, 0.6) is 5.75 Å². The van der Waals surface area contributed by atoms with Crippen molar-refractivity contribution >= 4 is 34.0 Å². The number of alkyl halides is 3. The lowest BCUT2D eigenvalue weighted by Gasteiger charge is -2.20. The van der Waals surface area contributed by atoms with Gasteiger partial charge in [0.2, 0.25) is 5.91 Å². The third-order valence-electron chi connectivity index (χ3n) is 5.63. The van der Waals surface area contributed by atoms with Crippen molar-refractivity contribution in [1.29, 1.82) is 0 Å². The van der Waals surface area contributed by atoms with Gasteiger partial charge in [0.25, 0.3) is 5.91 Å². The molecule has 2 N–H and O–H groups in total. The molecular weight excluding hydrogens is 533 g/mol. The third-order valence-corrected chi connectivity index (χ3v) is 6.39. The summed E-state index contributed by atoms with van der Waals surface area (Å²) in [6.45, 7) is 0.0968. The van der Waals surface area contributed by atoms with Crippen molar-refractivity contribution in [2.45, 2.75) is 25.7 Å². The summed E-state index contributed by atoms with van der Waals surface area (Å²) in [7, 11) is 1.58. The van der Waals surface area contributed by atoms with Gasteiger partial charge in [-0.2, -0.15) is 13.2 Å². The summed E-state index contributed by atoms with van der Waals surface area (Å²) < 4.78 is 49.4. The zero-order valence-corrected chi connectivity index (χ0v) is 21.6. The molecule has 0 bridgehead atoms. The molecule has 0 aliphatic heterocycles. The molecule has 4 aromatic rings. The number of amides is 2. The Morgan fingerprint density at radius 1 is 1.10 bits per heavy atom. The van der Waals surface area contributed by atoms with Gasteiger partial charge in [0.1, 0.15) is 17.2 Å². The molecule has 0 fully saturated rings. The molecule has 0 aliphatic carbocycles. The fourth-order valence-electron chi connectivity index (χ4n) is 3.62. The summed E-state index contributed by atoms with van der Waals surface area (Å²) in [5.41, 5.74) is 0.510. The predicted octanol–water partition coefficient (Wildman–Crippen LogP) is 5.86. The molecule has 8 nitrogen and oxygen atoms in total. The molecule has 39 heavy (non-hydrogen) atoms. The number of aromatic nitrogens is 1. The van der Waals surface area contributed by atoms with Gasteiger partial charge in [-0.15, -0.1) is 11.3 Å². The van der Waals surface area contributed by atoms with E-state index < -0.39 is 23.6 Å². The first-order chi connectivity index (χ1) is 18.7. The summed E-state index contributed by atoms with van der Waals surface area (Å²) in [4.78, 5) is 31.6. The summed E-state index contributed by atoms with van der Waals surface area (Å²) in [5.74, 6) is 0.434. The van der Waals surface area contributed by atoms with E-state index in [0.29, 0.717) is 22.2 Å². The highest BCUT2D eigenvalue weighted by Crippen LogP contribution is 2.29. The van der Waals surface area contributed by atoms with Gasteiger partial charge in [0.15, 0.2) is 5.13 Å². The van der Waals surface area contributed by atoms with Crippen LogP contribution in [-0.4, -0.2) is 35.4 Å². The Labute approximate surface area is 226 Å². The van der Waals surface area contributed by atoms with Crippen LogP contribution in [0.25, 0.3) is 0 Å².